The molecular weight excluding hydrogens is 449 g/mol. The first kappa shape index (κ1) is 21.0. The van der Waals surface area contributed by atoms with Gasteiger partial charge in [-0.05, 0) is 79.8 Å². The molecular formula is C25H23Cl2NO2S. The average molecular weight is 472 g/mol. The summed E-state index contributed by atoms with van der Waals surface area (Å²) in [4.78, 5) is 0.321. The molecule has 0 saturated carbocycles. The number of hydrogen-bond acceptors (Lipinski definition) is 2. The van der Waals surface area contributed by atoms with Gasteiger partial charge in [0.05, 0.1) is 10.4 Å². The number of nitrogens with zero attached hydrogens (tertiary/aromatic N) is 1. The van der Waals surface area contributed by atoms with Gasteiger partial charge in [-0.15, -0.1) is 0 Å². The molecule has 0 aromatic heterocycles. The molecule has 160 valence electrons. The van der Waals surface area contributed by atoms with Gasteiger partial charge in [0.25, 0.3) is 0 Å². The lowest BCUT2D eigenvalue weighted by Crippen LogP contribution is -2.63. The zero-order valence-electron chi connectivity index (χ0n) is 17.4. The Morgan fingerprint density at radius 1 is 0.839 bits per heavy atom. The van der Waals surface area contributed by atoms with E-state index in [0.717, 1.165) is 28.7 Å². The quantitative estimate of drug-likeness (QED) is 0.449. The van der Waals surface area contributed by atoms with Crippen LogP contribution in [0.4, 0.5) is 0 Å². The first-order valence-corrected chi connectivity index (χ1v) is 12.5. The minimum Gasteiger partial charge on any atom is -0.207 e. The number of piperidine rings is 1. The highest BCUT2D eigenvalue weighted by atomic mass is 35.5. The van der Waals surface area contributed by atoms with Gasteiger partial charge < -0.3 is 0 Å². The van der Waals surface area contributed by atoms with Crippen molar-refractivity contribution in [1.29, 1.82) is 0 Å². The third kappa shape index (κ3) is 3.07. The highest BCUT2D eigenvalue weighted by Crippen LogP contribution is 2.58. The normalized spacial score (nSPS) is 25.4. The van der Waals surface area contributed by atoms with Gasteiger partial charge in [-0.25, -0.2) is 8.42 Å². The summed E-state index contributed by atoms with van der Waals surface area (Å²) in [5.74, 6) is 0. The summed E-state index contributed by atoms with van der Waals surface area (Å²) in [6, 6.07) is 20.8. The fourth-order valence-electron chi connectivity index (χ4n) is 5.30. The lowest BCUT2D eigenvalue weighted by atomic mass is 9.58. The van der Waals surface area contributed by atoms with Crippen LogP contribution in [0.15, 0.2) is 71.6 Å². The van der Waals surface area contributed by atoms with E-state index in [1.54, 1.807) is 16.4 Å². The van der Waals surface area contributed by atoms with E-state index in [9.17, 15) is 8.42 Å². The van der Waals surface area contributed by atoms with Crippen molar-refractivity contribution in [2.24, 2.45) is 0 Å². The van der Waals surface area contributed by atoms with Gasteiger partial charge in [0, 0.05) is 22.0 Å². The minimum atomic E-state index is -3.71. The molecule has 2 heterocycles. The fourth-order valence-corrected chi connectivity index (χ4v) is 7.44. The maximum Gasteiger partial charge on any atom is 0.243 e. The van der Waals surface area contributed by atoms with Gasteiger partial charge in [-0.2, -0.15) is 4.31 Å². The molecule has 2 atom stereocenters. The maximum atomic E-state index is 13.9. The lowest BCUT2D eigenvalue weighted by Gasteiger charge is -2.58. The predicted molar refractivity (Wildman–Crippen MR) is 125 cm³/mol. The molecule has 0 unspecified atom stereocenters. The van der Waals surface area contributed by atoms with Crippen LogP contribution in [0.25, 0.3) is 0 Å². The van der Waals surface area contributed by atoms with Crippen LogP contribution in [-0.2, 0) is 21.0 Å². The number of hydrogen-bond donors (Lipinski definition) is 0. The third-order valence-corrected chi connectivity index (χ3v) is 9.55. The smallest absolute Gasteiger partial charge is 0.207 e. The van der Waals surface area contributed by atoms with Crippen LogP contribution >= 0.6 is 23.2 Å². The first-order valence-electron chi connectivity index (χ1n) is 10.3. The number of rotatable bonds is 3. The first-order chi connectivity index (χ1) is 14.7. The Kier molecular flexibility index (Phi) is 4.80. The molecule has 2 bridgehead atoms. The van der Waals surface area contributed by atoms with E-state index in [4.69, 9.17) is 23.2 Å². The molecule has 0 radical (unpaired) electrons. The van der Waals surface area contributed by atoms with Gasteiger partial charge in [-0.3, -0.25) is 0 Å². The third-order valence-electron chi connectivity index (χ3n) is 7.09. The molecule has 1 saturated heterocycles. The van der Waals surface area contributed by atoms with Crippen molar-refractivity contribution in [2.75, 3.05) is 6.54 Å². The Balaban J connectivity index is 1.75. The van der Waals surface area contributed by atoms with E-state index in [-0.39, 0.29) is 0 Å². The largest absolute Gasteiger partial charge is 0.243 e. The number of fused-ring (bicyclic) bond motifs is 2. The Morgan fingerprint density at radius 2 is 1.48 bits per heavy atom. The van der Waals surface area contributed by atoms with E-state index in [2.05, 4.69) is 6.07 Å². The van der Waals surface area contributed by atoms with E-state index in [1.807, 2.05) is 62.4 Å². The van der Waals surface area contributed by atoms with Gasteiger partial charge in [0.2, 0.25) is 10.0 Å². The van der Waals surface area contributed by atoms with E-state index in [0.29, 0.717) is 27.9 Å². The Bertz CT molecular complexity index is 1270. The molecule has 3 aromatic carbocycles. The monoisotopic (exact) mass is 471 g/mol. The molecule has 6 rings (SSSR count). The maximum absolute atomic E-state index is 13.9. The summed E-state index contributed by atoms with van der Waals surface area (Å²) in [6.07, 6.45) is 1.58. The molecule has 31 heavy (non-hydrogen) atoms. The highest BCUT2D eigenvalue weighted by Gasteiger charge is 2.58. The van der Waals surface area contributed by atoms with Crippen molar-refractivity contribution in [3.8, 4) is 0 Å². The molecule has 6 heteroatoms. The highest BCUT2D eigenvalue weighted by molar-refractivity contribution is 7.89. The average Bonchev–Trinajstić information content (AvgIpc) is 2.75. The second-order valence-electron chi connectivity index (χ2n) is 8.88. The number of benzene rings is 3. The number of aryl methyl sites for hydroxylation is 1. The van der Waals surface area contributed by atoms with Gasteiger partial charge >= 0.3 is 0 Å². The van der Waals surface area contributed by atoms with Gasteiger partial charge in [0.15, 0.2) is 0 Å². The van der Waals surface area contributed by atoms with Crippen LogP contribution in [-0.4, -0.2) is 19.3 Å². The molecule has 3 nitrogen and oxygen atoms in total. The second-order valence-corrected chi connectivity index (χ2v) is 11.6. The Labute approximate surface area is 193 Å². The van der Waals surface area contributed by atoms with Gasteiger partial charge in [-0.1, -0.05) is 59.1 Å². The van der Waals surface area contributed by atoms with Crippen LogP contribution in [0.2, 0.25) is 10.0 Å². The Morgan fingerprint density at radius 3 is 2.16 bits per heavy atom. The van der Waals surface area contributed by atoms with Crippen LogP contribution in [0.3, 0.4) is 0 Å². The number of sulfonamides is 1. The Hall–Kier alpha value is -1.85. The molecule has 1 fully saturated rings. The topological polar surface area (TPSA) is 37.4 Å². The summed E-state index contributed by atoms with van der Waals surface area (Å²) in [7, 11) is -3.71. The van der Waals surface area contributed by atoms with Crippen molar-refractivity contribution in [1.82, 2.24) is 4.31 Å². The predicted octanol–water partition coefficient (Wildman–Crippen LogP) is 6.30. The molecule has 1 aliphatic carbocycles. The van der Waals surface area contributed by atoms with Crippen LogP contribution in [0.5, 0.6) is 0 Å². The molecule has 0 N–H and O–H groups in total. The molecule has 2 aliphatic heterocycles. The van der Waals surface area contributed by atoms with Crippen molar-refractivity contribution >= 4 is 33.2 Å². The standard InChI is InChI=1S/C25H23Cl2NO2S/c1-17-3-10-21(11-4-17)31(29,30)28-16-25(18-5-7-19(26)8-6-18)14-13-24(28,2)23-15-20(27)9-12-22(23)25/h3-12,15H,13-14,16H2,1-2H3/t24-,25-/m0/s1. The van der Waals surface area contributed by atoms with Gasteiger partial charge in [0.1, 0.15) is 0 Å². The molecule has 3 aromatic rings. The number of halogens is 2. The van der Waals surface area contributed by atoms with E-state index >= 15 is 0 Å². The summed E-state index contributed by atoms with van der Waals surface area (Å²) in [5.41, 5.74) is 3.15. The summed E-state index contributed by atoms with van der Waals surface area (Å²) < 4.78 is 29.5. The summed E-state index contributed by atoms with van der Waals surface area (Å²) >= 11 is 12.6. The van der Waals surface area contributed by atoms with Crippen LogP contribution in [0, 0.1) is 6.92 Å². The zero-order chi connectivity index (χ0) is 22.0. The fraction of sp³-hybridized carbons (Fsp3) is 0.280. The van der Waals surface area contributed by atoms with Crippen molar-refractivity contribution in [2.45, 2.75) is 42.5 Å². The lowest BCUT2D eigenvalue weighted by molar-refractivity contribution is 0.0786. The summed E-state index contributed by atoms with van der Waals surface area (Å²) in [6.45, 7) is 4.36. The van der Waals surface area contributed by atoms with Crippen molar-refractivity contribution in [3.05, 3.63) is 99.0 Å². The van der Waals surface area contributed by atoms with E-state index in [1.165, 1.54) is 0 Å². The minimum absolute atomic E-state index is 0.321. The second kappa shape index (κ2) is 7.08. The molecule has 3 aliphatic rings. The zero-order valence-corrected chi connectivity index (χ0v) is 19.7. The SMILES string of the molecule is Cc1ccc(S(=O)(=O)N2C[C@]3(c4ccc(Cl)cc4)CC[C@@]2(C)c2cc(Cl)ccc23)cc1. The summed E-state index contributed by atoms with van der Waals surface area (Å²) in [5, 5.41) is 1.28. The molecule has 0 amide bonds. The van der Waals surface area contributed by atoms with Crippen LogP contribution in [0.1, 0.15) is 42.0 Å². The molecule has 0 spiro atoms. The van der Waals surface area contributed by atoms with E-state index < -0.39 is 21.0 Å². The van der Waals surface area contributed by atoms with Crippen LogP contribution < -0.4 is 0 Å². The van der Waals surface area contributed by atoms with Crippen molar-refractivity contribution < 1.29 is 8.42 Å². The van der Waals surface area contributed by atoms with Crippen molar-refractivity contribution in [3.63, 3.8) is 0 Å².